The summed E-state index contributed by atoms with van der Waals surface area (Å²) in [6, 6.07) is 3.07. The van der Waals surface area contributed by atoms with E-state index in [4.69, 9.17) is 0 Å². The summed E-state index contributed by atoms with van der Waals surface area (Å²) < 4.78 is 0. The maximum absolute atomic E-state index is 10.3. The molecule has 0 fully saturated rings. The van der Waals surface area contributed by atoms with Crippen LogP contribution in [-0.2, 0) is 0 Å². The van der Waals surface area contributed by atoms with E-state index in [1.54, 1.807) is 0 Å². The van der Waals surface area contributed by atoms with E-state index in [0.29, 0.717) is 0 Å². The van der Waals surface area contributed by atoms with Crippen molar-refractivity contribution in [1.29, 1.82) is 0 Å². The van der Waals surface area contributed by atoms with Crippen molar-refractivity contribution in [1.82, 2.24) is 0 Å². The van der Waals surface area contributed by atoms with Crippen LogP contribution in [0.25, 0.3) is 0 Å². The van der Waals surface area contributed by atoms with Crippen LogP contribution in [0.15, 0.2) is 23.1 Å². The quantitative estimate of drug-likeness (QED) is 0.538. The molecule has 0 saturated heterocycles. The SMILES string of the molecule is O=[N+]([O-])c1cc([S])cc([N+](=O)[O-])c1. The first-order valence-electron chi connectivity index (χ1n) is 3.11. The molecule has 1 rings (SSSR count). The highest BCUT2D eigenvalue weighted by atomic mass is 32.1. The summed E-state index contributed by atoms with van der Waals surface area (Å²) in [5.74, 6) is 0. The van der Waals surface area contributed by atoms with Crippen molar-refractivity contribution in [3.05, 3.63) is 38.4 Å². The Bertz CT molecular complexity index is 347. The minimum Gasteiger partial charge on any atom is -0.258 e. The first kappa shape index (κ1) is 9.33. The molecule has 67 valence electrons. The van der Waals surface area contributed by atoms with Gasteiger partial charge in [-0.15, -0.1) is 0 Å². The van der Waals surface area contributed by atoms with Crippen molar-refractivity contribution in [3.63, 3.8) is 0 Å². The molecule has 0 aliphatic carbocycles. The van der Waals surface area contributed by atoms with Gasteiger partial charge in [0, 0.05) is 12.1 Å². The Morgan fingerprint density at radius 1 is 1.00 bits per heavy atom. The van der Waals surface area contributed by atoms with Crippen molar-refractivity contribution in [2.45, 2.75) is 4.90 Å². The van der Waals surface area contributed by atoms with Crippen LogP contribution in [0.1, 0.15) is 0 Å². The average Bonchev–Trinajstić information content (AvgIpc) is 2.03. The lowest BCUT2D eigenvalue weighted by Crippen LogP contribution is -1.92. The zero-order valence-corrected chi connectivity index (χ0v) is 6.98. The van der Waals surface area contributed by atoms with Gasteiger partial charge in [0.15, 0.2) is 0 Å². The summed E-state index contributed by atoms with van der Waals surface area (Å²) in [6.07, 6.45) is 0. The Morgan fingerprint density at radius 2 is 1.38 bits per heavy atom. The summed E-state index contributed by atoms with van der Waals surface area (Å²) in [4.78, 5) is 19.2. The van der Waals surface area contributed by atoms with Gasteiger partial charge in [-0.05, 0) is 0 Å². The molecule has 1 radical (unpaired) electrons. The van der Waals surface area contributed by atoms with Crippen molar-refractivity contribution in [3.8, 4) is 0 Å². The molecule has 0 aliphatic rings. The molecule has 7 heteroatoms. The second-order valence-electron chi connectivity index (χ2n) is 2.20. The smallest absolute Gasteiger partial charge is 0.258 e. The molecule has 0 unspecified atom stereocenters. The second-order valence-corrected chi connectivity index (χ2v) is 2.67. The third-order valence-corrected chi connectivity index (χ3v) is 1.53. The highest BCUT2D eigenvalue weighted by Gasteiger charge is 2.14. The third-order valence-electron chi connectivity index (χ3n) is 1.30. The Kier molecular flexibility index (Phi) is 2.38. The zero-order chi connectivity index (χ0) is 10.0. The van der Waals surface area contributed by atoms with Gasteiger partial charge in [-0.2, -0.15) is 0 Å². The molecule has 1 aromatic rings. The van der Waals surface area contributed by atoms with Gasteiger partial charge >= 0.3 is 0 Å². The van der Waals surface area contributed by atoms with Crippen LogP contribution in [-0.4, -0.2) is 9.85 Å². The lowest BCUT2D eigenvalue weighted by Gasteiger charge is -1.93. The Morgan fingerprint density at radius 3 is 1.69 bits per heavy atom. The van der Waals surface area contributed by atoms with E-state index in [-0.39, 0.29) is 16.3 Å². The van der Waals surface area contributed by atoms with Crippen molar-refractivity contribution >= 4 is 24.0 Å². The van der Waals surface area contributed by atoms with Gasteiger partial charge in [-0.3, -0.25) is 20.2 Å². The minimum atomic E-state index is -0.719. The van der Waals surface area contributed by atoms with Crippen LogP contribution in [0.4, 0.5) is 11.4 Å². The topological polar surface area (TPSA) is 86.3 Å². The first-order valence-corrected chi connectivity index (χ1v) is 3.52. The summed E-state index contributed by atoms with van der Waals surface area (Å²) in [5, 5.41) is 20.5. The number of rotatable bonds is 2. The molecule has 0 spiro atoms. The molecular formula is C6H3N2O4S. The van der Waals surface area contributed by atoms with Gasteiger partial charge in [-0.1, -0.05) is 12.6 Å². The van der Waals surface area contributed by atoms with Crippen LogP contribution in [0.3, 0.4) is 0 Å². The normalized spacial score (nSPS) is 9.54. The molecular weight excluding hydrogens is 196 g/mol. The van der Waals surface area contributed by atoms with E-state index in [9.17, 15) is 20.2 Å². The molecule has 0 N–H and O–H groups in total. The highest BCUT2D eigenvalue weighted by Crippen LogP contribution is 2.24. The number of hydrogen-bond donors (Lipinski definition) is 0. The van der Waals surface area contributed by atoms with Crippen molar-refractivity contribution in [2.75, 3.05) is 0 Å². The Balaban J connectivity index is 3.26. The lowest BCUT2D eigenvalue weighted by atomic mass is 10.3. The third kappa shape index (κ3) is 2.09. The van der Waals surface area contributed by atoms with Crippen LogP contribution < -0.4 is 0 Å². The fourth-order valence-corrected chi connectivity index (χ4v) is 1.02. The van der Waals surface area contributed by atoms with Crippen molar-refractivity contribution < 1.29 is 9.85 Å². The van der Waals surface area contributed by atoms with E-state index in [2.05, 4.69) is 12.6 Å². The first-order chi connectivity index (χ1) is 6.00. The molecule has 6 nitrogen and oxygen atoms in total. The van der Waals surface area contributed by atoms with Crippen LogP contribution >= 0.6 is 12.6 Å². The molecule has 1 aromatic carbocycles. The second kappa shape index (κ2) is 3.31. The highest BCUT2D eigenvalue weighted by molar-refractivity contribution is 7.80. The number of nitro groups is 2. The van der Waals surface area contributed by atoms with E-state index >= 15 is 0 Å². The number of nitrogens with zero attached hydrogens (tertiary/aromatic N) is 2. The fourth-order valence-electron chi connectivity index (χ4n) is 0.779. The molecule has 0 saturated carbocycles. The molecule has 0 bridgehead atoms. The average molecular weight is 199 g/mol. The van der Waals surface area contributed by atoms with E-state index < -0.39 is 9.85 Å². The molecule has 13 heavy (non-hydrogen) atoms. The van der Waals surface area contributed by atoms with Gasteiger partial charge in [0.05, 0.1) is 20.8 Å². The largest absolute Gasteiger partial charge is 0.277 e. The monoisotopic (exact) mass is 199 g/mol. The number of benzene rings is 1. The molecule has 0 atom stereocenters. The molecule has 0 aromatic heterocycles. The fraction of sp³-hybridized carbons (Fsp3) is 0. The van der Waals surface area contributed by atoms with Crippen LogP contribution in [0, 0.1) is 20.2 Å². The Hall–Kier alpha value is -1.76. The zero-order valence-electron chi connectivity index (χ0n) is 6.17. The predicted octanol–water partition coefficient (Wildman–Crippen LogP) is 2.06. The Labute approximate surface area is 77.9 Å². The maximum Gasteiger partial charge on any atom is 0.277 e. The summed E-state index contributed by atoms with van der Waals surface area (Å²) >= 11 is 4.62. The van der Waals surface area contributed by atoms with Crippen LogP contribution in [0.2, 0.25) is 0 Å². The van der Waals surface area contributed by atoms with Gasteiger partial charge in [0.2, 0.25) is 0 Å². The molecule has 0 heterocycles. The van der Waals surface area contributed by atoms with Crippen LogP contribution in [0.5, 0.6) is 0 Å². The maximum atomic E-state index is 10.3. The summed E-state index contributed by atoms with van der Waals surface area (Å²) in [7, 11) is 0. The van der Waals surface area contributed by atoms with E-state index in [0.717, 1.165) is 18.2 Å². The molecule has 0 amide bonds. The lowest BCUT2D eigenvalue weighted by molar-refractivity contribution is -0.394. The number of non-ortho nitro benzene ring substituents is 2. The number of hydrogen-bond acceptors (Lipinski definition) is 4. The van der Waals surface area contributed by atoms with E-state index in [1.165, 1.54) is 0 Å². The van der Waals surface area contributed by atoms with Gasteiger partial charge in [-0.25, -0.2) is 0 Å². The van der Waals surface area contributed by atoms with Gasteiger partial charge in [0.25, 0.3) is 11.4 Å². The van der Waals surface area contributed by atoms with E-state index in [1.807, 2.05) is 0 Å². The predicted molar refractivity (Wildman–Crippen MR) is 45.6 cm³/mol. The summed E-state index contributed by atoms with van der Waals surface area (Å²) in [6.45, 7) is 0. The standard InChI is InChI=1S/C6H3N2O4S/c9-7(10)4-1-5(8(11)12)3-6(13)2-4/h1-3H. The summed E-state index contributed by atoms with van der Waals surface area (Å²) in [5.41, 5.74) is -0.724. The molecule has 0 aliphatic heterocycles. The minimum absolute atomic E-state index is 0.0842. The van der Waals surface area contributed by atoms with Crippen molar-refractivity contribution in [2.24, 2.45) is 0 Å². The number of nitro benzene ring substituents is 2. The van der Waals surface area contributed by atoms with Gasteiger partial charge < -0.3 is 0 Å². The van der Waals surface area contributed by atoms with Gasteiger partial charge in [0.1, 0.15) is 0 Å².